The average Bonchev–Trinajstić information content (AvgIpc) is 3.14. The van der Waals surface area contributed by atoms with Crippen LogP contribution in [0.1, 0.15) is 41.2 Å². The second-order valence-corrected chi connectivity index (χ2v) is 7.87. The largest absolute Gasteiger partial charge is 0.504 e. The van der Waals surface area contributed by atoms with Crippen molar-refractivity contribution in [3.63, 3.8) is 0 Å². The summed E-state index contributed by atoms with van der Waals surface area (Å²) in [5.74, 6) is 0.0409. The van der Waals surface area contributed by atoms with Crippen LogP contribution < -0.4 is 4.74 Å². The molecule has 156 valence electrons. The van der Waals surface area contributed by atoms with Crippen LogP contribution in [-0.2, 0) is 20.7 Å². The zero-order valence-electron chi connectivity index (χ0n) is 20.2. The Balaban J connectivity index is 1.72. The van der Waals surface area contributed by atoms with E-state index in [-0.39, 0.29) is 23.5 Å². The Bertz CT molecular complexity index is 1030. The quantitative estimate of drug-likeness (QED) is 0.469. The van der Waals surface area contributed by atoms with E-state index < -0.39 is 13.0 Å². The van der Waals surface area contributed by atoms with Crippen LogP contribution in [0.15, 0.2) is 30.0 Å². The molecule has 1 fully saturated rings. The number of aromatic nitrogens is 1. The Morgan fingerprint density at radius 2 is 2.28 bits per heavy atom. The van der Waals surface area contributed by atoms with E-state index in [2.05, 4.69) is 22.9 Å². The lowest BCUT2D eigenvalue weighted by Gasteiger charge is -2.46. The van der Waals surface area contributed by atoms with Gasteiger partial charge in [-0.3, -0.25) is 4.90 Å². The van der Waals surface area contributed by atoms with Crippen molar-refractivity contribution in [1.82, 2.24) is 9.88 Å². The molecular weight excluding hydrogens is 368 g/mol. The SMILES string of the molecule is [2H]C([2H])([2H])OC(=O)/C(=C/OC)[C@H]1C[C@H]2c3[nH]c4cccc(OC)c4c3CCN2C[C@@H]1CC. The van der Waals surface area contributed by atoms with Crippen molar-refractivity contribution in [2.75, 3.05) is 34.3 Å². The van der Waals surface area contributed by atoms with E-state index in [1.54, 1.807) is 7.11 Å². The van der Waals surface area contributed by atoms with Gasteiger partial charge in [0, 0.05) is 29.7 Å². The molecule has 3 atom stereocenters. The van der Waals surface area contributed by atoms with Crippen molar-refractivity contribution in [2.24, 2.45) is 11.8 Å². The number of H-pyrrole nitrogens is 1. The van der Waals surface area contributed by atoms with Crippen molar-refractivity contribution in [2.45, 2.75) is 32.2 Å². The molecule has 0 spiro atoms. The number of hydrogen-bond donors (Lipinski definition) is 1. The fourth-order valence-electron chi connectivity index (χ4n) is 5.22. The van der Waals surface area contributed by atoms with E-state index in [1.807, 2.05) is 12.1 Å². The first kappa shape index (κ1) is 16.3. The Hall–Kier alpha value is -2.47. The minimum atomic E-state index is -2.79. The molecule has 2 aliphatic rings. The summed E-state index contributed by atoms with van der Waals surface area (Å²) in [6, 6.07) is 6.09. The normalized spacial score (nSPS) is 26.7. The number of carbonyl (C=O) groups is 1. The van der Waals surface area contributed by atoms with Crippen LogP contribution in [0.25, 0.3) is 10.9 Å². The Labute approximate surface area is 176 Å². The van der Waals surface area contributed by atoms with E-state index in [0.29, 0.717) is 6.42 Å². The minimum absolute atomic E-state index is 0.0875. The Kier molecular flexibility index (Phi) is 4.57. The molecule has 0 radical (unpaired) electrons. The molecule has 0 saturated carbocycles. The van der Waals surface area contributed by atoms with Gasteiger partial charge in [0.1, 0.15) is 5.75 Å². The molecule has 3 heterocycles. The van der Waals surface area contributed by atoms with Crippen LogP contribution >= 0.6 is 0 Å². The van der Waals surface area contributed by atoms with Gasteiger partial charge in [0.25, 0.3) is 0 Å². The van der Waals surface area contributed by atoms with Crippen molar-refractivity contribution < 1.29 is 23.1 Å². The first-order valence-electron chi connectivity index (χ1n) is 11.6. The smallest absolute Gasteiger partial charge is 0.337 e. The molecule has 1 aromatic heterocycles. The van der Waals surface area contributed by atoms with Crippen LogP contribution in [0, 0.1) is 11.8 Å². The van der Waals surface area contributed by atoms with Crippen LogP contribution in [0.5, 0.6) is 5.75 Å². The molecule has 0 amide bonds. The molecule has 2 aliphatic heterocycles. The summed E-state index contributed by atoms with van der Waals surface area (Å²) in [6.07, 6.45) is 3.82. The summed E-state index contributed by atoms with van der Waals surface area (Å²) < 4.78 is 37.6. The molecule has 6 nitrogen and oxygen atoms in total. The molecule has 0 unspecified atom stereocenters. The molecule has 6 heteroatoms. The zero-order chi connectivity index (χ0) is 23.0. The summed E-state index contributed by atoms with van der Waals surface area (Å²) >= 11 is 0. The predicted molar refractivity (Wildman–Crippen MR) is 112 cm³/mol. The fraction of sp³-hybridized carbons (Fsp3) is 0.522. The van der Waals surface area contributed by atoms with E-state index in [0.717, 1.165) is 48.3 Å². The molecule has 0 aliphatic carbocycles. The second-order valence-electron chi connectivity index (χ2n) is 7.87. The number of carbonyl (C=O) groups excluding carboxylic acids is 1. The summed E-state index contributed by atoms with van der Waals surface area (Å²) in [7, 11) is 0.351. The monoisotopic (exact) mass is 401 g/mol. The predicted octanol–water partition coefficient (Wildman–Crippen LogP) is 3.83. The van der Waals surface area contributed by atoms with Gasteiger partial charge in [-0.1, -0.05) is 19.4 Å². The van der Waals surface area contributed by atoms with Gasteiger partial charge >= 0.3 is 5.97 Å². The zero-order valence-corrected chi connectivity index (χ0v) is 17.2. The summed E-state index contributed by atoms with van der Waals surface area (Å²) in [6.45, 7) is 3.84. The molecule has 2 aromatic rings. The number of methoxy groups -OCH3 is 3. The van der Waals surface area contributed by atoms with Gasteiger partial charge in [-0.2, -0.15) is 0 Å². The van der Waals surface area contributed by atoms with Gasteiger partial charge in [0.15, 0.2) is 0 Å². The third-order valence-electron chi connectivity index (χ3n) is 6.58. The van der Waals surface area contributed by atoms with Gasteiger partial charge < -0.3 is 19.2 Å². The van der Waals surface area contributed by atoms with Crippen LogP contribution in [0.2, 0.25) is 0 Å². The maximum atomic E-state index is 12.8. The molecular formula is C23H30N2O4. The number of hydrogen-bond acceptors (Lipinski definition) is 5. The number of nitrogens with zero attached hydrogens (tertiary/aromatic N) is 1. The number of nitrogens with one attached hydrogen (secondary N) is 1. The van der Waals surface area contributed by atoms with E-state index in [4.69, 9.17) is 18.3 Å². The molecule has 1 saturated heterocycles. The molecule has 4 rings (SSSR count). The number of esters is 1. The molecule has 29 heavy (non-hydrogen) atoms. The second kappa shape index (κ2) is 8.11. The lowest BCUT2D eigenvalue weighted by Crippen LogP contribution is -2.47. The molecule has 1 aromatic carbocycles. The van der Waals surface area contributed by atoms with Crippen molar-refractivity contribution in [3.8, 4) is 5.75 Å². The number of aromatic amines is 1. The lowest BCUT2D eigenvalue weighted by molar-refractivity contribution is -0.137. The maximum Gasteiger partial charge on any atom is 0.337 e. The highest BCUT2D eigenvalue weighted by Gasteiger charge is 2.42. The fourth-order valence-corrected chi connectivity index (χ4v) is 5.22. The number of rotatable bonds is 5. The van der Waals surface area contributed by atoms with E-state index >= 15 is 0 Å². The Morgan fingerprint density at radius 1 is 1.41 bits per heavy atom. The lowest BCUT2D eigenvalue weighted by atomic mass is 9.74. The topological polar surface area (TPSA) is 63.8 Å². The summed E-state index contributed by atoms with van der Waals surface area (Å²) in [5, 5.41) is 1.12. The summed E-state index contributed by atoms with van der Waals surface area (Å²) in [4.78, 5) is 18.8. The highest BCUT2D eigenvalue weighted by Crippen LogP contribution is 2.47. The average molecular weight is 402 g/mol. The van der Waals surface area contributed by atoms with Crippen LogP contribution in [0.4, 0.5) is 0 Å². The minimum Gasteiger partial charge on any atom is -0.504 e. The third kappa shape index (κ3) is 3.29. The molecule has 1 N–H and O–H groups in total. The summed E-state index contributed by atoms with van der Waals surface area (Å²) in [5.41, 5.74) is 3.74. The van der Waals surface area contributed by atoms with E-state index in [1.165, 1.54) is 18.9 Å². The number of piperidine rings is 1. The Morgan fingerprint density at radius 3 is 3.00 bits per heavy atom. The van der Waals surface area contributed by atoms with Gasteiger partial charge in [-0.05, 0) is 42.4 Å². The first-order chi connectivity index (χ1) is 15.3. The third-order valence-corrected chi connectivity index (χ3v) is 6.58. The van der Waals surface area contributed by atoms with Gasteiger partial charge in [-0.25, -0.2) is 4.79 Å². The first-order valence-corrected chi connectivity index (χ1v) is 10.1. The number of fused-ring (bicyclic) bond motifs is 5. The van der Waals surface area contributed by atoms with Gasteiger partial charge in [-0.15, -0.1) is 0 Å². The van der Waals surface area contributed by atoms with Crippen molar-refractivity contribution in [3.05, 3.63) is 41.3 Å². The highest BCUT2D eigenvalue weighted by atomic mass is 16.5. The number of benzene rings is 1. The van der Waals surface area contributed by atoms with Crippen LogP contribution in [-0.4, -0.2) is 50.2 Å². The number of ether oxygens (including phenoxy) is 3. The van der Waals surface area contributed by atoms with Gasteiger partial charge in [0.2, 0.25) is 0 Å². The highest BCUT2D eigenvalue weighted by molar-refractivity contribution is 5.91. The van der Waals surface area contributed by atoms with Gasteiger partial charge in [0.05, 0.1) is 43.2 Å². The van der Waals surface area contributed by atoms with E-state index in [9.17, 15) is 4.79 Å². The van der Waals surface area contributed by atoms with Crippen molar-refractivity contribution >= 4 is 16.9 Å². The standard InChI is InChI=1S/C23H30N2O4/c1-5-14-12-25-10-9-15-21-18(7-6-8-20(21)28-3)24-22(15)19(25)11-16(14)17(13-27-2)23(26)29-4/h6-8,13-14,16,19,24H,5,9-12H2,1-4H3/b17-13+/t14-,16-,19-/m0/s1/i4D3. The molecule has 0 bridgehead atoms. The maximum absolute atomic E-state index is 12.8. The van der Waals surface area contributed by atoms with Crippen LogP contribution in [0.3, 0.4) is 0 Å². The van der Waals surface area contributed by atoms with Crippen molar-refractivity contribution in [1.29, 1.82) is 0 Å².